The number of rotatable bonds is 5. The second-order valence-electron chi connectivity index (χ2n) is 7.16. The lowest BCUT2D eigenvalue weighted by molar-refractivity contribution is -0.147. The van der Waals surface area contributed by atoms with E-state index in [2.05, 4.69) is 22.5 Å². The van der Waals surface area contributed by atoms with Gasteiger partial charge in [0.15, 0.2) is 0 Å². The first kappa shape index (κ1) is 20.9. The lowest BCUT2D eigenvalue weighted by Crippen LogP contribution is -2.24. The van der Waals surface area contributed by atoms with E-state index in [1.165, 1.54) is 0 Å². The highest BCUT2D eigenvalue weighted by molar-refractivity contribution is 9.10. The van der Waals surface area contributed by atoms with Crippen molar-refractivity contribution in [2.45, 2.75) is 39.4 Å². The minimum absolute atomic E-state index is 0.244. The van der Waals surface area contributed by atoms with Crippen LogP contribution in [0.1, 0.15) is 55.3 Å². The molecule has 27 heavy (non-hydrogen) atoms. The molecule has 0 spiro atoms. The van der Waals surface area contributed by atoms with E-state index in [1.807, 2.05) is 31.2 Å². The van der Waals surface area contributed by atoms with Crippen molar-refractivity contribution in [1.29, 1.82) is 0 Å². The highest BCUT2D eigenvalue weighted by atomic mass is 79.9. The summed E-state index contributed by atoms with van der Waals surface area (Å²) in [6, 6.07) is 14.1. The zero-order chi connectivity index (χ0) is 20.2. The van der Waals surface area contributed by atoms with Crippen LogP contribution in [0.3, 0.4) is 0 Å². The molecule has 142 valence electrons. The van der Waals surface area contributed by atoms with Crippen LogP contribution in [0.2, 0.25) is 0 Å². The standard InChI is InChI=1S/C22H23BrO4/c1-14(20(24)27-22(3,4)5)16-6-8-18(9-7-16)21(25)26-15(2)17-10-12-19(23)13-11-17/h6-13,15H,1H2,2-5H3. The summed E-state index contributed by atoms with van der Waals surface area (Å²) in [5, 5.41) is 0. The smallest absolute Gasteiger partial charge is 0.338 e. The Morgan fingerprint density at radius 3 is 2.00 bits per heavy atom. The van der Waals surface area contributed by atoms with Crippen molar-refractivity contribution in [3.05, 3.63) is 76.3 Å². The largest absolute Gasteiger partial charge is 0.456 e. The van der Waals surface area contributed by atoms with E-state index in [0.29, 0.717) is 11.1 Å². The van der Waals surface area contributed by atoms with Gasteiger partial charge in [-0.3, -0.25) is 0 Å². The van der Waals surface area contributed by atoms with E-state index in [-0.39, 0.29) is 11.7 Å². The molecule has 2 aromatic rings. The molecule has 1 atom stereocenters. The van der Waals surface area contributed by atoms with E-state index < -0.39 is 17.5 Å². The van der Waals surface area contributed by atoms with E-state index in [1.54, 1.807) is 45.0 Å². The molecular formula is C22H23BrO4. The van der Waals surface area contributed by atoms with Gasteiger partial charge in [0.25, 0.3) is 0 Å². The van der Waals surface area contributed by atoms with Crippen LogP contribution >= 0.6 is 15.9 Å². The van der Waals surface area contributed by atoms with Gasteiger partial charge in [0.05, 0.1) is 11.1 Å². The van der Waals surface area contributed by atoms with Crippen LogP contribution in [0.4, 0.5) is 0 Å². The minimum atomic E-state index is -0.590. The SMILES string of the molecule is C=C(C(=O)OC(C)(C)C)c1ccc(C(=O)OC(C)c2ccc(Br)cc2)cc1. The summed E-state index contributed by atoms with van der Waals surface area (Å²) < 4.78 is 11.8. The molecule has 0 fully saturated rings. The first-order chi connectivity index (χ1) is 12.6. The summed E-state index contributed by atoms with van der Waals surface area (Å²) >= 11 is 3.38. The Hall–Kier alpha value is -2.40. The van der Waals surface area contributed by atoms with Gasteiger partial charge in [0.2, 0.25) is 0 Å². The van der Waals surface area contributed by atoms with E-state index in [4.69, 9.17) is 9.47 Å². The molecule has 0 saturated heterocycles. The monoisotopic (exact) mass is 430 g/mol. The van der Waals surface area contributed by atoms with Gasteiger partial charge in [-0.25, -0.2) is 9.59 Å². The zero-order valence-corrected chi connectivity index (χ0v) is 17.5. The van der Waals surface area contributed by atoms with Gasteiger partial charge in [-0.1, -0.05) is 46.8 Å². The second kappa shape index (κ2) is 8.53. The number of hydrogen-bond acceptors (Lipinski definition) is 4. The minimum Gasteiger partial charge on any atom is -0.456 e. The van der Waals surface area contributed by atoms with Gasteiger partial charge >= 0.3 is 11.9 Å². The van der Waals surface area contributed by atoms with Crippen LogP contribution in [0.5, 0.6) is 0 Å². The number of esters is 2. The van der Waals surface area contributed by atoms with Crippen LogP contribution in [0.15, 0.2) is 59.6 Å². The van der Waals surface area contributed by atoms with Crippen molar-refractivity contribution in [1.82, 2.24) is 0 Å². The first-order valence-electron chi connectivity index (χ1n) is 8.56. The quantitative estimate of drug-likeness (QED) is 0.449. The average molecular weight is 431 g/mol. The van der Waals surface area contributed by atoms with Gasteiger partial charge < -0.3 is 9.47 Å². The molecule has 0 aromatic heterocycles. The van der Waals surface area contributed by atoms with Gasteiger partial charge in [0.1, 0.15) is 11.7 Å². The van der Waals surface area contributed by atoms with E-state index >= 15 is 0 Å². The number of hydrogen-bond donors (Lipinski definition) is 0. The molecule has 0 aliphatic carbocycles. The van der Waals surface area contributed by atoms with Gasteiger partial charge in [-0.15, -0.1) is 0 Å². The van der Waals surface area contributed by atoms with Gasteiger partial charge in [-0.05, 0) is 63.1 Å². The normalized spacial score (nSPS) is 12.2. The fraction of sp³-hybridized carbons (Fsp3) is 0.273. The number of halogens is 1. The Morgan fingerprint density at radius 1 is 0.963 bits per heavy atom. The number of ether oxygens (including phenoxy) is 2. The van der Waals surface area contributed by atoms with Crippen molar-refractivity contribution >= 4 is 33.4 Å². The summed E-state index contributed by atoms with van der Waals surface area (Å²) in [7, 11) is 0. The molecule has 0 heterocycles. The molecule has 0 N–H and O–H groups in total. The molecule has 0 amide bonds. The second-order valence-corrected chi connectivity index (χ2v) is 8.07. The predicted molar refractivity (Wildman–Crippen MR) is 109 cm³/mol. The lowest BCUT2D eigenvalue weighted by atomic mass is 10.0. The van der Waals surface area contributed by atoms with Crippen LogP contribution in [0, 0.1) is 0 Å². The highest BCUT2D eigenvalue weighted by Gasteiger charge is 2.20. The van der Waals surface area contributed by atoms with Crippen molar-refractivity contribution in [3.63, 3.8) is 0 Å². The van der Waals surface area contributed by atoms with Gasteiger partial charge in [-0.2, -0.15) is 0 Å². The molecule has 0 aliphatic rings. The summed E-state index contributed by atoms with van der Waals surface area (Å²) in [6.45, 7) is 11.0. The third-order valence-electron chi connectivity index (χ3n) is 3.74. The summed E-state index contributed by atoms with van der Waals surface area (Å²) in [5.41, 5.74) is 1.56. The number of carbonyl (C=O) groups is 2. The molecule has 0 saturated carbocycles. The Labute approximate surface area is 168 Å². The van der Waals surface area contributed by atoms with Crippen LogP contribution in [-0.2, 0) is 14.3 Å². The summed E-state index contributed by atoms with van der Waals surface area (Å²) in [4.78, 5) is 24.4. The molecule has 1 unspecified atom stereocenters. The maximum Gasteiger partial charge on any atom is 0.338 e. The Kier molecular flexibility index (Phi) is 6.60. The Bertz CT molecular complexity index is 830. The molecule has 0 bridgehead atoms. The van der Waals surface area contributed by atoms with Gasteiger partial charge in [0, 0.05) is 4.47 Å². The lowest BCUT2D eigenvalue weighted by Gasteiger charge is -2.20. The molecule has 4 nitrogen and oxygen atoms in total. The maximum absolute atomic E-state index is 12.4. The fourth-order valence-electron chi connectivity index (χ4n) is 2.30. The average Bonchev–Trinajstić information content (AvgIpc) is 2.60. The molecule has 0 radical (unpaired) electrons. The van der Waals surface area contributed by atoms with Crippen molar-refractivity contribution < 1.29 is 19.1 Å². The topological polar surface area (TPSA) is 52.6 Å². The van der Waals surface area contributed by atoms with Crippen molar-refractivity contribution in [2.75, 3.05) is 0 Å². The zero-order valence-electron chi connectivity index (χ0n) is 15.9. The summed E-state index contributed by atoms with van der Waals surface area (Å²) in [6.07, 6.45) is -0.373. The Balaban J connectivity index is 2.03. The molecule has 5 heteroatoms. The van der Waals surface area contributed by atoms with Crippen molar-refractivity contribution in [2.24, 2.45) is 0 Å². The van der Waals surface area contributed by atoms with Crippen LogP contribution in [-0.4, -0.2) is 17.5 Å². The molecule has 0 aliphatic heterocycles. The fourth-order valence-corrected chi connectivity index (χ4v) is 2.56. The van der Waals surface area contributed by atoms with E-state index in [9.17, 15) is 9.59 Å². The predicted octanol–water partition coefficient (Wildman–Crippen LogP) is 5.72. The molecule has 2 aromatic carbocycles. The highest BCUT2D eigenvalue weighted by Crippen LogP contribution is 2.22. The molecular weight excluding hydrogens is 408 g/mol. The third-order valence-corrected chi connectivity index (χ3v) is 4.27. The first-order valence-corrected chi connectivity index (χ1v) is 9.35. The summed E-state index contributed by atoms with van der Waals surface area (Å²) in [5.74, 6) is -0.915. The molecule has 2 rings (SSSR count). The van der Waals surface area contributed by atoms with E-state index in [0.717, 1.165) is 10.0 Å². The number of carbonyl (C=O) groups excluding carboxylic acids is 2. The van der Waals surface area contributed by atoms with Crippen molar-refractivity contribution in [3.8, 4) is 0 Å². The maximum atomic E-state index is 12.4. The van der Waals surface area contributed by atoms with Crippen LogP contribution < -0.4 is 0 Å². The van der Waals surface area contributed by atoms with Crippen LogP contribution in [0.25, 0.3) is 5.57 Å². The Morgan fingerprint density at radius 2 is 1.48 bits per heavy atom. The number of benzene rings is 2. The third kappa shape index (κ3) is 6.07.